The molecule has 3 aliphatic rings. The molecule has 8 rings (SSSR count). The van der Waals surface area contributed by atoms with Crippen LogP contribution in [-0.2, 0) is 14.9 Å². The lowest BCUT2D eigenvalue weighted by molar-refractivity contribution is -0.141. The van der Waals surface area contributed by atoms with Crippen molar-refractivity contribution in [3.8, 4) is 11.5 Å². The van der Waals surface area contributed by atoms with E-state index in [4.69, 9.17) is 4.74 Å². The van der Waals surface area contributed by atoms with Crippen LogP contribution in [0.2, 0.25) is 0 Å². The summed E-state index contributed by atoms with van der Waals surface area (Å²) in [4.78, 5) is 14.3. The maximum atomic E-state index is 14.6. The van der Waals surface area contributed by atoms with Crippen LogP contribution in [0.15, 0.2) is 102 Å². The highest BCUT2D eigenvalue weighted by atomic mass is 32.2. The van der Waals surface area contributed by atoms with Gasteiger partial charge in [-0.2, -0.15) is 0 Å². The first-order chi connectivity index (χ1) is 21.0. The van der Waals surface area contributed by atoms with Crippen molar-refractivity contribution in [3.05, 3.63) is 136 Å². The van der Waals surface area contributed by atoms with Crippen LogP contribution >= 0.6 is 0 Å². The van der Waals surface area contributed by atoms with Crippen LogP contribution in [-0.4, -0.2) is 24.0 Å². The SMILES string of the molecule is Cc1cc(S(=O)(=O)[O-])c(C(C)C)cc1OC(=O)C1C2c3ccccc3C(c3ccccc32)C1c1cc2ccccc2cc1O. The summed E-state index contributed by atoms with van der Waals surface area (Å²) in [7, 11) is -4.73. The molecule has 0 saturated carbocycles. The van der Waals surface area contributed by atoms with Crippen molar-refractivity contribution < 1.29 is 27.6 Å². The van der Waals surface area contributed by atoms with E-state index in [0.29, 0.717) is 16.7 Å². The Kier molecular flexibility index (Phi) is 6.64. The lowest BCUT2D eigenvalue weighted by atomic mass is 9.52. The van der Waals surface area contributed by atoms with E-state index in [1.165, 1.54) is 12.1 Å². The number of ether oxygens (including phenoxy) is 1. The lowest BCUT2D eigenvalue weighted by Crippen LogP contribution is -2.44. The Morgan fingerprint density at radius 3 is 1.84 bits per heavy atom. The molecule has 5 aromatic rings. The van der Waals surface area contributed by atoms with Gasteiger partial charge in [0.25, 0.3) is 0 Å². The van der Waals surface area contributed by atoms with Gasteiger partial charge in [0.1, 0.15) is 21.6 Å². The molecule has 44 heavy (non-hydrogen) atoms. The van der Waals surface area contributed by atoms with Gasteiger partial charge in [-0.3, -0.25) is 4.79 Å². The van der Waals surface area contributed by atoms with Crippen LogP contribution < -0.4 is 4.74 Å². The third kappa shape index (κ3) is 4.42. The zero-order chi connectivity index (χ0) is 30.9. The number of esters is 1. The predicted octanol–water partition coefficient (Wildman–Crippen LogP) is 7.48. The maximum Gasteiger partial charge on any atom is 0.315 e. The van der Waals surface area contributed by atoms with E-state index < -0.39 is 27.9 Å². The van der Waals surface area contributed by atoms with Crippen molar-refractivity contribution in [2.24, 2.45) is 5.92 Å². The number of benzene rings is 5. The molecule has 0 saturated heterocycles. The first-order valence-electron chi connectivity index (χ1n) is 14.8. The standard InChI is InChI=1S/C37H32O6S/c1-20(2)28-19-31(21(3)16-32(28)44(40,41)42)43-37(39)36-34-26-14-8-6-12-24(26)33(25-13-7-9-15-27(25)34)35(36)29-17-22-10-4-5-11-23(22)18-30(29)38/h4-20,33-36,38H,1-3H3,(H,40,41,42)/p-1. The average molecular weight is 604 g/mol. The molecule has 2 atom stereocenters. The Bertz CT molecular complexity index is 2030. The monoisotopic (exact) mass is 603 g/mol. The van der Waals surface area contributed by atoms with E-state index in [0.717, 1.165) is 33.0 Å². The Morgan fingerprint density at radius 2 is 1.30 bits per heavy atom. The molecule has 1 N–H and O–H groups in total. The summed E-state index contributed by atoms with van der Waals surface area (Å²) >= 11 is 0. The second-order valence-electron chi connectivity index (χ2n) is 12.2. The number of hydrogen-bond acceptors (Lipinski definition) is 6. The molecular weight excluding hydrogens is 572 g/mol. The highest BCUT2D eigenvalue weighted by Gasteiger charge is 2.54. The number of phenols is 1. The first-order valence-corrected chi connectivity index (χ1v) is 16.2. The number of aryl methyl sites for hydroxylation is 1. The number of aromatic hydroxyl groups is 1. The van der Waals surface area contributed by atoms with Gasteiger partial charge in [-0.1, -0.05) is 86.6 Å². The van der Waals surface area contributed by atoms with Crippen LogP contribution in [0.1, 0.15) is 76.5 Å². The minimum atomic E-state index is -4.73. The van der Waals surface area contributed by atoms with Crippen molar-refractivity contribution in [2.45, 2.75) is 49.3 Å². The maximum absolute atomic E-state index is 14.6. The fourth-order valence-corrected chi connectivity index (χ4v) is 8.38. The van der Waals surface area contributed by atoms with Gasteiger partial charge in [-0.15, -0.1) is 0 Å². The second-order valence-corrected chi connectivity index (χ2v) is 13.6. The number of phenolic OH excluding ortho intramolecular Hbond substituents is 1. The third-order valence-corrected chi connectivity index (χ3v) is 10.3. The summed E-state index contributed by atoms with van der Waals surface area (Å²) in [5.41, 5.74) is 5.73. The molecule has 6 nitrogen and oxygen atoms in total. The fraction of sp³-hybridized carbons (Fsp3) is 0.216. The normalized spacial score (nSPS) is 20.4. The molecule has 0 spiro atoms. The molecular formula is C37H31O6S-. The zero-order valence-electron chi connectivity index (χ0n) is 24.5. The Morgan fingerprint density at radius 1 is 0.773 bits per heavy atom. The summed E-state index contributed by atoms with van der Waals surface area (Å²) < 4.78 is 42.3. The van der Waals surface area contributed by atoms with Crippen LogP contribution in [0.4, 0.5) is 0 Å². The third-order valence-electron chi connectivity index (χ3n) is 9.37. The Labute approximate surface area is 256 Å². The van der Waals surface area contributed by atoms with E-state index >= 15 is 0 Å². The molecule has 0 radical (unpaired) electrons. The van der Waals surface area contributed by atoms with E-state index in [2.05, 4.69) is 24.3 Å². The number of fused-ring (bicyclic) bond motifs is 2. The predicted molar refractivity (Wildman–Crippen MR) is 167 cm³/mol. The summed E-state index contributed by atoms with van der Waals surface area (Å²) in [5, 5.41) is 13.3. The zero-order valence-corrected chi connectivity index (χ0v) is 25.3. The molecule has 0 heterocycles. The van der Waals surface area contributed by atoms with E-state index in [-0.39, 0.29) is 34.1 Å². The minimum Gasteiger partial charge on any atom is -0.744 e. The van der Waals surface area contributed by atoms with Gasteiger partial charge >= 0.3 is 5.97 Å². The van der Waals surface area contributed by atoms with Crippen LogP contribution in [0.3, 0.4) is 0 Å². The number of rotatable bonds is 5. The quantitative estimate of drug-likeness (QED) is 0.127. The van der Waals surface area contributed by atoms with Gasteiger partial charge in [0, 0.05) is 17.8 Å². The number of hydrogen-bond donors (Lipinski definition) is 1. The van der Waals surface area contributed by atoms with Crippen LogP contribution in [0.5, 0.6) is 11.5 Å². The van der Waals surface area contributed by atoms with Crippen LogP contribution in [0.25, 0.3) is 10.8 Å². The molecule has 2 unspecified atom stereocenters. The molecule has 5 aromatic carbocycles. The van der Waals surface area contributed by atoms with Crippen molar-refractivity contribution in [2.75, 3.05) is 0 Å². The summed E-state index contributed by atoms with van der Waals surface area (Å²) in [6, 6.07) is 30.7. The van der Waals surface area contributed by atoms with Crippen molar-refractivity contribution >= 4 is 26.9 Å². The molecule has 0 aromatic heterocycles. The molecule has 0 aliphatic heterocycles. The molecule has 222 valence electrons. The number of carbonyl (C=O) groups is 1. The molecule has 7 heteroatoms. The van der Waals surface area contributed by atoms with Gasteiger partial charge in [0.15, 0.2) is 0 Å². The van der Waals surface area contributed by atoms with Crippen molar-refractivity contribution in [1.29, 1.82) is 0 Å². The van der Waals surface area contributed by atoms with Gasteiger partial charge in [0.2, 0.25) is 0 Å². The van der Waals surface area contributed by atoms with Crippen molar-refractivity contribution in [3.63, 3.8) is 0 Å². The molecule has 3 aliphatic carbocycles. The molecule has 0 fully saturated rings. The second kappa shape index (κ2) is 10.3. The molecule has 0 amide bonds. The fourth-order valence-electron chi connectivity index (χ4n) is 7.48. The van der Waals surface area contributed by atoms with Gasteiger partial charge in [-0.25, -0.2) is 8.42 Å². The Balaban J connectivity index is 1.42. The summed E-state index contributed by atoms with van der Waals surface area (Å²) in [5.74, 6) is -2.10. The van der Waals surface area contributed by atoms with Gasteiger partial charge in [-0.05, 0) is 86.8 Å². The lowest BCUT2D eigenvalue weighted by Gasteiger charge is -2.50. The summed E-state index contributed by atoms with van der Waals surface area (Å²) in [6.45, 7) is 5.21. The first kappa shape index (κ1) is 28.3. The van der Waals surface area contributed by atoms with Crippen LogP contribution in [0, 0.1) is 12.8 Å². The summed E-state index contributed by atoms with van der Waals surface area (Å²) in [6.07, 6.45) is 0. The highest BCUT2D eigenvalue weighted by Crippen LogP contribution is 2.63. The largest absolute Gasteiger partial charge is 0.744 e. The minimum absolute atomic E-state index is 0.122. The Hall–Kier alpha value is -4.46. The van der Waals surface area contributed by atoms with E-state index in [9.17, 15) is 22.9 Å². The number of carbonyl (C=O) groups excluding carboxylic acids is 1. The van der Waals surface area contributed by atoms with E-state index in [1.807, 2.05) is 54.6 Å². The van der Waals surface area contributed by atoms with Crippen molar-refractivity contribution in [1.82, 2.24) is 0 Å². The smallest absolute Gasteiger partial charge is 0.315 e. The average Bonchev–Trinajstić information content (AvgIpc) is 3.00. The highest BCUT2D eigenvalue weighted by molar-refractivity contribution is 7.85. The van der Waals surface area contributed by atoms with E-state index in [1.54, 1.807) is 26.8 Å². The van der Waals surface area contributed by atoms with Gasteiger partial charge < -0.3 is 14.4 Å². The topological polar surface area (TPSA) is 104 Å². The van der Waals surface area contributed by atoms with Gasteiger partial charge in [0.05, 0.1) is 10.8 Å². The molecule has 2 bridgehead atoms.